The zero-order valence-corrected chi connectivity index (χ0v) is 14.4. The lowest BCUT2D eigenvalue weighted by Crippen LogP contribution is -2.15. The molecule has 114 valence electrons. The zero-order valence-electron chi connectivity index (χ0n) is 12.8. The average Bonchev–Trinajstić information content (AvgIpc) is 2.48. The van der Waals surface area contributed by atoms with Gasteiger partial charge in [0.2, 0.25) is 5.78 Å². The number of aryl methyl sites for hydroxylation is 3. The lowest BCUT2D eigenvalue weighted by atomic mass is 9.98. The molecule has 2 rings (SSSR count). The summed E-state index contributed by atoms with van der Waals surface area (Å²) in [5.74, 6) is -0.705. The highest BCUT2D eigenvalue weighted by atomic mass is 79.9. The van der Waals surface area contributed by atoms with E-state index < -0.39 is 5.97 Å². The van der Waals surface area contributed by atoms with Crippen LogP contribution in [0.4, 0.5) is 0 Å². The van der Waals surface area contributed by atoms with Gasteiger partial charge in [0.15, 0.2) is 6.61 Å². The summed E-state index contributed by atoms with van der Waals surface area (Å²) in [6.45, 7) is 5.58. The number of benzene rings is 2. The van der Waals surface area contributed by atoms with Crippen LogP contribution in [0.25, 0.3) is 0 Å². The first kappa shape index (κ1) is 16.4. The van der Waals surface area contributed by atoms with Gasteiger partial charge in [-0.25, -0.2) is 4.79 Å². The largest absolute Gasteiger partial charge is 0.454 e. The van der Waals surface area contributed by atoms with Crippen molar-refractivity contribution in [3.05, 3.63) is 68.7 Å². The summed E-state index contributed by atoms with van der Waals surface area (Å²) in [4.78, 5) is 24.3. The van der Waals surface area contributed by atoms with Crippen LogP contribution in [-0.4, -0.2) is 18.4 Å². The molecule has 0 fully saturated rings. The van der Waals surface area contributed by atoms with Crippen LogP contribution in [0.3, 0.4) is 0 Å². The van der Waals surface area contributed by atoms with Gasteiger partial charge in [-0.1, -0.05) is 18.2 Å². The van der Waals surface area contributed by atoms with E-state index in [4.69, 9.17) is 4.74 Å². The Labute approximate surface area is 138 Å². The zero-order chi connectivity index (χ0) is 16.3. The number of ether oxygens (including phenoxy) is 1. The van der Waals surface area contributed by atoms with Crippen molar-refractivity contribution in [2.24, 2.45) is 0 Å². The van der Waals surface area contributed by atoms with E-state index >= 15 is 0 Å². The van der Waals surface area contributed by atoms with Crippen molar-refractivity contribution in [2.45, 2.75) is 20.8 Å². The molecule has 2 aromatic carbocycles. The van der Waals surface area contributed by atoms with Crippen molar-refractivity contribution in [1.82, 2.24) is 0 Å². The molecule has 22 heavy (non-hydrogen) atoms. The number of carbonyl (C=O) groups is 2. The lowest BCUT2D eigenvalue weighted by Gasteiger charge is -2.10. The van der Waals surface area contributed by atoms with E-state index in [-0.39, 0.29) is 12.4 Å². The second-order valence-corrected chi connectivity index (χ2v) is 6.08. The molecule has 0 heterocycles. The second kappa shape index (κ2) is 6.88. The number of Topliss-reactive ketones (excluding diaryl/α,β-unsaturated/α-hetero) is 1. The SMILES string of the molecule is Cc1cc(C)c(C(=O)COC(=O)c2ccccc2Br)cc1C. The normalized spacial score (nSPS) is 10.4. The number of esters is 1. The number of rotatable bonds is 4. The van der Waals surface area contributed by atoms with Gasteiger partial charge in [0.1, 0.15) is 0 Å². The van der Waals surface area contributed by atoms with E-state index in [0.29, 0.717) is 15.6 Å². The summed E-state index contributed by atoms with van der Waals surface area (Å²) >= 11 is 3.29. The first-order chi connectivity index (χ1) is 10.4. The van der Waals surface area contributed by atoms with Crippen LogP contribution >= 0.6 is 15.9 Å². The Morgan fingerprint density at radius 2 is 1.59 bits per heavy atom. The first-order valence-electron chi connectivity index (χ1n) is 6.93. The summed E-state index contributed by atoms with van der Waals surface area (Å²) in [6.07, 6.45) is 0. The van der Waals surface area contributed by atoms with Crippen LogP contribution in [0.1, 0.15) is 37.4 Å². The van der Waals surface area contributed by atoms with Crippen molar-refractivity contribution in [2.75, 3.05) is 6.61 Å². The van der Waals surface area contributed by atoms with Crippen LogP contribution in [0, 0.1) is 20.8 Å². The van der Waals surface area contributed by atoms with E-state index in [0.717, 1.165) is 16.7 Å². The molecule has 0 atom stereocenters. The summed E-state index contributed by atoms with van der Waals surface area (Å²) in [5, 5.41) is 0. The van der Waals surface area contributed by atoms with Gasteiger partial charge in [-0.05, 0) is 71.6 Å². The van der Waals surface area contributed by atoms with E-state index in [2.05, 4.69) is 15.9 Å². The van der Waals surface area contributed by atoms with Gasteiger partial charge in [0.25, 0.3) is 0 Å². The summed E-state index contributed by atoms with van der Waals surface area (Å²) in [7, 11) is 0. The molecule has 0 radical (unpaired) electrons. The molecule has 0 saturated heterocycles. The average molecular weight is 361 g/mol. The Hall–Kier alpha value is -1.94. The molecule has 0 bridgehead atoms. The maximum atomic E-state index is 12.3. The molecule has 0 aliphatic rings. The Morgan fingerprint density at radius 3 is 2.27 bits per heavy atom. The van der Waals surface area contributed by atoms with Crippen LogP contribution in [-0.2, 0) is 4.74 Å². The highest BCUT2D eigenvalue weighted by Gasteiger charge is 2.15. The molecule has 3 nitrogen and oxygen atoms in total. The minimum Gasteiger partial charge on any atom is -0.454 e. The summed E-state index contributed by atoms with van der Waals surface area (Å²) in [5.41, 5.74) is 4.09. The quantitative estimate of drug-likeness (QED) is 0.598. The highest BCUT2D eigenvalue weighted by molar-refractivity contribution is 9.10. The first-order valence-corrected chi connectivity index (χ1v) is 7.72. The predicted molar refractivity (Wildman–Crippen MR) is 89.4 cm³/mol. The Kier molecular flexibility index (Phi) is 5.14. The van der Waals surface area contributed by atoms with E-state index in [1.807, 2.05) is 39.0 Å². The fourth-order valence-electron chi connectivity index (χ4n) is 2.17. The van der Waals surface area contributed by atoms with Crippen molar-refractivity contribution in [3.63, 3.8) is 0 Å². The highest BCUT2D eigenvalue weighted by Crippen LogP contribution is 2.18. The molecule has 0 amide bonds. The third-order valence-corrected chi connectivity index (χ3v) is 4.26. The van der Waals surface area contributed by atoms with Crippen LogP contribution in [0.2, 0.25) is 0 Å². The van der Waals surface area contributed by atoms with Crippen molar-refractivity contribution < 1.29 is 14.3 Å². The van der Waals surface area contributed by atoms with Gasteiger partial charge in [0, 0.05) is 10.0 Å². The lowest BCUT2D eigenvalue weighted by molar-refractivity contribution is 0.0473. The maximum Gasteiger partial charge on any atom is 0.339 e. The summed E-state index contributed by atoms with van der Waals surface area (Å²) < 4.78 is 5.78. The molecular weight excluding hydrogens is 344 g/mol. The number of ketones is 1. The molecule has 4 heteroatoms. The molecule has 0 spiro atoms. The smallest absolute Gasteiger partial charge is 0.339 e. The fraction of sp³-hybridized carbons (Fsp3) is 0.222. The monoisotopic (exact) mass is 360 g/mol. The van der Waals surface area contributed by atoms with Crippen LogP contribution in [0.15, 0.2) is 40.9 Å². The number of carbonyl (C=O) groups excluding carboxylic acids is 2. The molecule has 0 unspecified atom stereocenters. The van der Waals surface area contributed by atoms with Crippen molar-refractivity contribution in [1.29, 1.82) is 0 Å². The van der Waals surface area contributed by atoms with E-state index in [1.54, 1.807) is 18.2 Å². The topological polar surface area (TPSA) is 43.4 Å². The third kappa shape index (κ3) is 3.63. The van der Waals surface area contributed by atoms with Crippen molar-refractivity contribution >= 4 is 27.7 Å². The van der Waals surface area contributed by atoms with Gasteiger partial charge in [-0.3, -0.25) is 4.79 Å². The molecule has 0 N–H and O–H groups in total. The minimum atomic E-state index is -0.512. The number of hydrogen-bond donors (Lipinski definition) is 0. The Balaban J connectivity index is 2.09. The van der Waals surface area contributed by atoms with E-state index in [9.17, 15) is 9.59 Å². The number of hydrogen-bond acceptors (Lipinski definition) is 3. The van der Waals surface area contributed by atoms with Gasteiger partial charge in [-0.15, -0.1) is 0 Å². The Morgan fingerprint density at radius 1 is 0.955 bits per heavy atom. The van der Waals surface area contributed by atoms with Crippen LogP contribution in [0.5, 0.6) is 0 Å². The molecule has 0 aromatic heterocycles. The Bertz CT molecular complexity index is 735. The fourth-order valence-corrected chi connectivity index (χ4v) is 2.62. The predicted octanol–water partition coefficient (Wildman–Crippen LogP) is 4.41. The molecule has 0 aliphatic carbocycles. The van der Waals surface area contributed by atoms with Gasteiger partial charge >= 0.3 is 5.97 Å². The minimum absolute atomic E-state index is 0.194. The molecular formula is C18H17BrO3. The molecule has 0 saturated carbocycles. The number of halogens is 1. The van der Waals surface area contributed by atoms with Crippen LogP contribution < -0.4 is 0 Å². The van der Waals surface area contributed by atoms with Crippen molar-refractivity contribution in [3.8, 4) is 0 Å². The standard InChI is InChI=1S/C18H17BrO3/c1-11-8-13(3)15(9-12(11)2)17(20)10-22-18(21)14-6-4-5-7-16(14)19/h4-9H,10H2,1-3H3. The third-order valence-electron chi connectivity index (χ3n) is 3.57. The second-order valence-electron chi connectivity index (χ2n) is 5.23. The van der Waals surface area contributed by atoms with Gasteiger partial charge in [0.05, 0.1) is 5.56 Å². The molecule has 0 aliphatic heterocycles. The summed E-state index contributed by atoms with van der Waals surface area (Å²) in [6, 6.07) is 10.8. The molecule has 2 aromatic rings. The van der Waals surface area contributed by atoms with Gasteiger partial charge in [-0.2, -0.15) is 0 Å². The maximum absolute atomic E-state index is 12.3. The van der Waals surface area contributed by atoms with Gasteiger partial charge < -0.3 is 4.74 Å². The van der Waals surface area contributed by atoms with E-state index in [1.165, 1.54) is 0 Å².